The maximum absolute atomic E-state index is 12.4. The van der Waals surface area contributed by atoms with Crippen molar-refractivity contribution in [1.82, 2.24) is 15.1 Å². The van der Waals surface area contributed by atoms with Crippen LogP contribution in [0.5, 0.6) is 0 Å². The number of esters is 1. The summed E-state index contributed by atoms with van der Waals surface area (Å²) in [6, 6.07) is 13.8. The van der Waals surface area contributed by atoms with Crippen LogP contribution in [0.15, 0.2) is 53.1 Å². The van der Waals surface area contributed by atoms with E-state index in [1.807, 2.05) is 6.07 Å². The molecule has 0 radical (unpaired) electrons. The molecule has 2 saturated heterocycles. The number of hydrogen-bond donors (Lipinski definition) is 1. The fourth-order valence-corrected chi connectivity index (χ4v) is 4.81. The molecule has 0 unspecified atom stereocenters. The summed E-state index contributed by atoms with van der Waals surface area (Å²) < 4.78 is 10.3. The number of nitrogens with zero attached hydrogens (tertiary/aromatic N) is 2. The van der Waals surface area contributed by atoms with Crippen molar-refractivity contribution in [2.45, 2.75) is 43.8 Å². The third kappa shape index (κ3) is 5.35. The predicted molar refractivity (Wildman–Crippen MR) is 117 cm³/mol. The van der Waals surface area contributed by atoms with Gasteiger partial charge in [-0.1, -0.05) is 30.3 Å². The van der Waals surface area contributed by atoms with Crippen LogP contribution in [0.2, 0.25) is 0 Å². The lowest BCUT2D eigenvalue weighted by atomic mass is 10.0. The lowest BCUT2D eigenvalue weighted by Gasteiger charge is -2.38. The van der Waals surface area contributed by atoms with Crippen molar-refractivity contribution < 1.29 is 18.7 Å². The lowest BCUT2D eigenvalue weighted by molar-refractivity contribution is -0.147. The quantitative estimate of drug-likeness (QED) is 0.687. The van der Waals surface area contributed by atoms with Crippen LogP contribution >= 0.6 is 0 Å². The third-order valence-corrected chi connectivity index (χ3v) is 6.48. The molecule has 2 fully saturated rings. The van der Waals surface area contributed by atoms with Crippen LogP contribution in [0.4, 0.5) is 0 Å². The molecule has 0 saturated carbocycles. The Morgan fingerprint density at radius 2 is 1.90 bits per heavy atom. The molecule has 31 heavy (non-hydrogen) atoms. The van der Waals surface area contributed by atoms with Crippen molar-refractivity contribution >= 4 is 11.9 Å². The highest BCUT2D eigenvalue weighted by molar-refractivity contribution is 5.91. The Kier molecular flexibility index (Phi) is 7.04. The monoisotopic (exact) mass is 425 g/mol. The van der Waals surface area contributed by atoms with Gasteiger partial charge in [-0.3, -0.25) is 14.5 Å². The van der Waals surface area contributed by atoms with E-state index in [4.69, 9.17) is 9.15 Å². The molecule has 1 amide bonds. The summed E-state index contributed by atoms with van der Waals surface area (Å²) in [6.07, 6.45) is 5.13. The van der Waals surface area contributed by atoms with Crippen LogP contribution in [-0.4, -0.2) is 73.1 Å². The molecule has 2 aliphatic heterocycles. The minimum Gasteiger partial charge on any atom is -0.468 e. The van der Waals surface area contributed by atoms with E-state index < -0.39 is 0 Å². The fraction of sp³-hybridized carbons (Fsp3) is 0.500. The minimum absolute atomic E-state index is 0.0992. The van der Waals surface area contributed by atoms with Crippen LogP contribution in [0.25, 0.3) is 0 Å². The van der Waals surface area contributed by atoms with Crippen molar-refractivity contribution in [3.05, 3.63) is 60.1 Å². The van der Waals surface area contributed by atoms with Gasteiger partial charge in [0, 0.05) is 25.2 Å². The Morgan fingerprint density at radius 1 is 1.13 bits per heavy atom. The topological polar surface area (TPSA) is 75.0 Å². The van der Waals surface area contributed by atoms with E-state index in [0.29, 0.717) is 24.8 Å². The molecule has 2 atom stereocenters. The van der Waals surface area contributed by atoms with Gasteiger partial charge in [-0.2, -0.15) is 0 Å². The van der Waals surface area contributed by atoms with Gasteiger partial charge >= 0.3 is 5.97 Å². The van der Waals surface area contributed by atoms with E-state index >= 15 is 0 Å². The molecule has 1 aromatic heterocycles. The SMILES string of the molecule is COC(=O)[C@@H]1C[C@H](NC(=O)c2ccco2)CN1C1CCN(CCc2ccccc2)CC1. The highest BCUT2D eigenvalue weighted by Gasteiger charge is 2.42. The van der Waals surface area contributed by atoms with Crippen molar-refractivity contribution in [3.63, 3.8) is 0 Å². The lowest BCUT2D eigenvalue weighted by Crippen LogP contribution is -2.49. The molecular weight excluding hydrogens is 394 g/mol. The summed E-state index contributed by atoms with van der Waals surface area (Å²) in [4.78, 5) is 29.6. The van der Waals surface area contributed by atoms with E-state index in [2.05, 4.69) is 39.4 Å². The second-order valence-electron chi connectivity index (χ2n) is 8.43. The predicted octanol–water partition coefficient (Wildman–Crippen LogP) is 2.33. The molecule has 4 rings (SSSR count). The molecule has 2 aromatic rings. The Morgan fingerprint density at radius 3 is 2.58 bits per heavy atom. The molecule has 7 heteroatoms. The molecule has 2 aliphatic rings. The zero-order chi connectivity index (χ0) is 21.6. The number of benzene rings is 1. The van der Waals surface area contributed by atoms with Gasteiger partial charge in [-0.05, 0) is 56.5 Å². The molecule has 0 aliphatic carbocycles. The van der Waals surface area contributed by atoms with Crippen LogP contribution in [0.1, 0.15) is 35.4 Å². The first-order chi connectivity index (χ1) is 15.1. The number of methoxy groups -OCH3 is 1. The Labute approximate surface area is 183 Å². The normalized spacial score (nSPS) is 23.0. The molecule has 1 N–H and O–H groups in total. The standard InChI is InChI=1S/C24H31N3O4/c1-30-24(29)21-16-19(25-23(28)22-8-5-15-31-22)17-27(21)20-10-13-26(14-11-20)12-9-18-6-3-2-4-7-18/h2-8,15,19-21H,9-14,16-17H2,1H3,(H,25,28)/t19-,21-/m0/s1. The molecule has 0 spiro atoms. The number of ether oxygens (including phenoxy) is 1. The highest BCUT2D eigenvalue weighted by Crippen LogP contribution is 2.27. The van der Waals surface area contributed by atoms with Crippen molar-refractivity contribution in [3.8, 4) is 0 Å². The average molecular weight is 426 g/mol. The highest BCUT2D eigenvalue weighted by atomic mass is 16.5. The zero-order valence-electron chi connectivity index (χ0n) is 18.0. The summed E-state index contributed by atoms with van der Waals surface area (Å²) in [5.74, 6) is -0.169. The molecule has 166 valence electrons. The van der Waals surface area contributed by atoms with E-state index in [-0.39, 0.29) is 24.0 Å². The van der Waals surface area contributed by atoms with Crippen LogP contribution in [-0.2, 0) is 16.0 Å². The van der Waals surface area contributed by atoms with Gasteiger partial charge in [0.25, 0.3) is 5.91 Å². The Balaban J connectivity index is 1.31. The smallest absolute Gasteiger partial charge is 0.323 e. The number of hydrogen-bond acceptors (Lipinski definition) is 6. The number of likely N-dealkylation sites (tertiary alicyclic amines) is 2. The van der Waals surface area contributed by atoms with Gasteiger partial charge in [-0.15, -0.1) is 0 Å². The molecule has 7 nitrogen and oxygen atoms in total. The van der Waals surface area contributed by atoms with Gasteiger partial charge < -0.3 is 19.4 Å². The van der Waals surface area contributed by atoms with Crippen molar-refractivity contribution in [1.29, 1.82) is 0 Å². The number of nitrogens with one attached hydrogen (secondary N) is 1. The first kappa shape index (κ1) is 21.6. The van der Waals surface area contributed by atoms with Crippen molar-refractivity contribution in [2.75, 3.05) is 33.3 Å². The second kappa shape index (κ2) is 10.1. The van der Waals surface area contributed by atoms with Gasteiger partial charge in [0.2, 0.25) is 0 Å². The summed E-state index contributed by atoms with van der Waals surface area (Å²) in [7, 11) is 1.43. The summed E-state index contributed by atoms with van der Waals surface area (Å²) in [6.45, 7) is 3.75. The van der Waals surface area contributed by atoms with Crippen LogP contribution < -0.4 is 5.32 Å². The maximum Gasteiger partial charge on any atom is 0.323 e. The van der Waals surface area contributed by atoms with E-state index in [1.54, 1.807) is 12.1 Å². The van der Waals surface area contributed by atoms with Gasteiger partial charge in [-0.25, -0.2) is 0 Å². The fourth-order valence-electron chi connectivity index (χ4n) is 4.81. The maximum atomic E-state index is 12.4. The molecule has 3 heterocycles. The molecular formula is C24H31N3O4. The average Bonchev–Trinajstić information content (AvgIpc) is 3.49. The minimum atomic E-state index is -0.312. The van der Waals surface area contributed by atoms with Gasteiger partial charge in [0.05, 0.1) is 13.4 Å². The van der Waals surface area contributed by atoms with Crippen LogP contribution in [0.3, 0.4) is 0 Å². The first-order valence-corrected chi connectivity index (χ1v) is 11.1. The zero-order valence-corrected chi connectivity index (χ0v) is 18.0. The summed E-state index contributed by atoms with van der Waals surface area (Å²) in [5.41, 5.74) is 1.37. The van der Waals surface area contributed by atoms with Gasteiger partial charge in [0.15, 0.2) is 5.76 Å². The first-order valence-electron chi connectivity index (χ1n) is 11.1. The van der Waals surface area contributed by atoms with E-state index in [1.165, 1.54) is 18.9 Å². The number of carbonyl (C=O) groups is 2. The van der Waals surface area contributed by atoms with Crippen molar-refractivity contribution in [2.24, 2.45) is 0 Å². The van der Waals surface area contributed by atoms with Gasteiger partial charge in [0.1, 0.15) is 6.04 Å². The molecule has 0 bridgehead atoms. The Bertz CT molecular complexity index is 847. The number of carbonyl (C=O) groups excluding carboxylic acids is 2. The summed E-state index contributed by atoms with van der Waals surface area (Å²) >= 11 is 0. The number of amides is 1. The summed E-state index contributed by atoms with van der Waals surface area (Å²) in [5, 5.41) is 3.01. The Hall–Kier alpha value is -2.64. The number of rotatable bonds is 7. The van der Waals surface area contributed by atoms with Crippen LogP contribution in [0, 0.1) is 0 Å². The molecule has 1 aromatic carbocycles. The number of piperidine rings is 1. The number of furan rings is 1. The van der Waals surface area contributed by atoms with E-state index in [0.717, 1.165) is 38.9 Å². The van der Waals surface area contributed by atoms with E-state index in [9.17, 15) is 9.59 Å². The largest absolute Gasteiger partial charge is 0.468 e. The second-order valence-corrected chi connectivity index (χ2v) is 8.43. The third-order valence-electron chi connectivity index (χ3n) is 6.48.